The van der Waals surface area contributed by atoms with Crippen LogP contribution in [-0.2, 0) is 9.47 Å². The van der Waals surface area contributed by atoms with Crippen molar-refractivity contribution in [2.24, 2.45) is 23.2 Å². The van der Waals surface area contributed by atoms with Crippen LogP contribution in [0.25, 0.3) is 0 Å². The Kier molecular flexibility index (Phi) is 2.00. The molecule has 4 aliphatic carbocycles. The molecular weight excluding hydrogens is 200 g/mol. The highest BCUT2D eigenvalue weighted by Crippen LogP contribution is 2.64. The smallest absolute Gasteiger partial charge is 0.108 e. The van der Waals surface area contributed by atoms with Gasteiger partial charge in [0.1, 0.15) is 6.10 Å². The Morgan fingerprint density at radius 3 is 2.12 bits per heavy atom. The summed E-state index contributed by atoms with van der Waals surface area (Å²) in [5, 5.41) is 0. The molecule has 0 N–H and O–H groups in total. The molecule has 4 saturated carbocycles. The summed E-state index contributed by atoms with van der Waals surface area (Å²) in [4.78, 5) is 0. The van der Waals surface area contributed by atoms with Crippen molar-refractivity contribution >= 4 is 0 Å². The lowest BCUT2D eigenvalue weighted by molar-refractivity contribution is -0.0670. The van der Waals surface area contributed by atoms with E-state index in [0.29, 0.717) is 17.6 Å². The average molecular weight is 222 g/mol. The van der Waals surface area contributed by atoms with E-state index in [1.807, 2.05) is 0 Å². The molecule has 0 radical (unpaired) electrons. The zero-order valence-electron chi connectivity index (χ0n) is 10.2. The first-order chi connectivity index (χ1) is 7.79. The number of epoxide rings is 1. The van der Waals surface area contributed by atoms with Crippen molar-refractivity contribution in [3.63, 3.8) is 0 Å². The number of ether oxygens (including phenoxy) is 2. The Labute approximate surface area is 97.7 Å². The van der Waals surface area contributed by atoms with E-state index in [9.17, 15) is 0 Å². The first-order valence-electron chi connectivity index (χ1n) is 6.93. The van der Waals surface area contributed by atoms with E-state index in [1.165, 1.54) is 38.5 Å². The van der Waals surface area contributed by atoms with E-state index in [1.54, 1.807) is 7.11 Å². The molecule has 5 fully saturated rings. The molecule has 16 heavy (non-hydrogen) atoms. The van der Waals surface area contributed by atoms with Crippen LogP contribution in [0.15, 0.2) is 0 Å². The van der Waals surface area contributed by atoms with Gasteiger partial charge >= 0.3 is 0 Å². The molecule has 0 aromatic rings. The summed E-state index contributed by atoms with van der Waals surface area (Å²) in [6.45, 7) is 0.812. The Morgan fingerprint density at radius 1 is 1.06 bits per heavy atom. The molecule has 5 rings (SSSR count). The van der Waals surface area contributed by atoms with Gasteiger partial charge in [-0.2, -0.15) is 0 Å². The van der Waals surface area contributed by atoms with Crippen molar-refractivity contribution < 1.29 is 9.47 Å². The minimum absolute atomic E-state index is 0.432. The number of rotatable bonds is 3. The van der Waals surface area contributed by atoms with E-state index >= 15 is 0 Å². The number of hydrogen-bond donors (Lipinski definition) is 0. The summed E-state index contributed by atoms with van der Waals surface area (Å²) >= 11 is 0. The van der Waals surface area contributed by atoms with Crippen LogP contribution >= 0.6 is 0 Å². The van der Waals surface area contributed by atoms with Crippen LogP contribution in [0.3, 0.4) is 0 Å². The highest BCUT2D eigenvalue weighted by atomic mass is 16.6. The molecule has 1 aliphatic heterocycles. The molecule has 0 aromatic carbocycles. The van der Waals surface area contributed by atoms with Crippen molar-refractivity contribution in [2.75, 3.05) is 13.7 Å². The molecule has 0 spiro atoms. The average Bonchev–Trinajstić information content (AvgIpc) is 2.96. The van der Waals surface area contributed by atoms with Crippen molar-refractivity contribution in [3.8, 4) is 0 Å². The van der Waals surface area contributed by atoms with E-state index in [2.05, 4.69) is 0 Å². The fourth-order valence-corrected chi connectivity index (χ4v) is 5.50. The zero-order chi connectivity index (χ0) is 10.8. The Bertz CT molecular complexity index is 264. The van der Waals surface area contributed by atoms with Gasteiger partial charge in [0.2, 0.25) is 0 Å². The SMILES string of the molecule is COC[C@@H]1O[C@H]1C12CC3CC(CC(C3)C1)C2. The first-order valence-corrected chi connectivity index (χ1v) is 6.93. The van der Waals surface area contributed by atoms with Gasteiger partial charge < -0.3 is 9.47 Å². The maximum absolute atomic E-state index is 5.92. The monoisotopic (exact) mass is 222 g/mol. The van der Waals surface area contributed by atoms with E-state index in [-0.39, 0.29) is 0 Å². The van der Waals surface area contributed by atoms with Gasteiger partial charge in [0.15, 0.2) is 0 Å². The van der Waals surface area contributed by atoms with E-state index in [4.69, 9.17) is 9.47 Å². The maximum atomic E-state index is 5.92. The highest BCUT2D eigenvalue weighted by Gasteiger charge is 2.61. The standard InChI is InChI=1S/C14H22O2/c1-15-8-12-13(16-12)14-5-9-2-10(6-14)4-11(3-9)7-14/h9-13H,2-8H2,1H3/t9?,10?,11?,12-,13+,14?/m0/s1. The third-order valence-corrected chi connectivity index (χ3v) is 5.60. The van der Waals surface area contributed by atoms with Crippen LogP contribution < -0.4 is 0 Å². The minimum atomic E-state index is 0.432. The molecule has 1 saturated heterocycles. The quantitative estimate of drug-likeness (QED) is 0.685. The lowest BCUT2D eigenvalue weighted by Gasteiger charge is -2.56. The minimum Gasteiger partial charge on any atom is -0.382 e. The van der Waals surface area contributed by atoms with Gasteiger partial charge in [-0.3, -0.25) is 0 Å². The van der Waals surface area contributed by atoms with Crippen LogP contribution in [0.1, 0.15) is 38.5 Å². The van der Waals surface area contributed by atoms with Crippen LogP contribution in [0.4, 0.5) is 0 Å². The van der Waals surface area contributed by atoms with Gasteiger partial charge in [0.05, 0.1) is 12.7 Å². The van der Waals surface area contributed by atoms with Crippen LogP contribution in [0.2, 0.25) is 0 Å². The third kappa shape index (κ3) is 1.32. The number of methoxy groups -OCH3 is 1. The van der Waals surface area contributed by atoms with Gasteiger partial charge in [0, 0.05) is 12.5 Å². The lowest BCUT2D eigenvalue weighted by Crippen LogP contribution is -2.49. The summed E-state index contributed by atoms with van der Waals surface area (Å²) in [5.41, 5.74) is 0.581. The maximum Gasteiger partial charge on any atom is 0.108 e. The second kappa shape index (κ2) is 3.23. The number of hydrogen-bond acceptors (Lipinski definition) is 2. The normalized spacial score (nSPS) is 57.9. The second-order valence-electron chi connectivity index (χ2n) is 6.83. The molecule has 4 bridgehead atoms. The fraction of sp³-hybridized carbons (Fsp3) is 1.00. The summed E-state index contributed by atoms with van der Waals surface area (Å²) in [7, 11) is 1.79. The molecule has 90 valence electrons. The molecular formula is C14H22O2. The molecule has 1 heterocycles. The summed E-state index contributed by atoms with van der Waals surface area (Å²) in [6, 6.07) is 0. The Morgan fingerprint density at radius 2 is 1.62 bits per heavy atom. The Hall–Kier alpha value is -0.0800. The van der Waals surface area contributed by atoms with E-state index in [0.717, 1.165) is 24.4 Å². The fourth-order valence-electron chi connectivity index (χ4n) is 5.50. The zero-order valence-corrected chi connectivity index (χ0v) is 10.2. The van der Waals surface area contributed by atoms with Crippen molar-refractivity contribution in [1.29, 1.82) is 0 Å². The lowest BCUT2D eigenvalue weighted by atomic mass is 9.48. The topological polar surface area (TPSA) is 21.8 Å². The predicted molar refractivity (Wildman–Crippen MR) is 61.1 cm³/mol. The van der Waals surface area contributed by atoms with Gasteiger partial charge in [-0.05, 0) is 56.3 Å². The van der Waals surface area contributed by atoms with Crippen molar-refractivity contribution in [3.05, 3.63) is 0 Å². The highest BCUT2D eigenvalue weighted by molar-refractivity contribution is 5.10. The molecule has 2 nitrogen and oxygen atoms in total. The van der Waals surface area contributed by atoms with Gasteiger partial charge in [-0.1, -0.05) is 0 Å². The molecule has 2 heteroatoms. The van der Waals surface area contributed by atoms with Gasteiger partial charge in [0.25, 0.3) is 0 Å². The van der Waals surface area contributed by atoms with Gasteiger partial charge in [-0.25, -0.2) is 0 Å². The predicted octanol–water partition coefficient (Wildman–Crippen LogP) is 2.62. The van der Waals surface area contributed by atoms with Gasteiger partial charge in [-0.15, -0.1) is 0 Å². The third-order valence-electron chi connectivity index (χ3n) is 5.60. The molecule has 0 amide bonds. The molecule has 2 atom stereocenters. The summed E-state index contributed by atoms with van der Waals surface area (Å²) in [6.07, 6.45) is 9.96. The molecule has 0 aromatic heterocycles. The summed E-state index contributed by atoms with van der Waals surface area (Å²) < 4.78 is 11.2. The Balaban J connectivity index is 1.54. The summed E-state index contributed by atoms with van der Waals surface area (Å²) in [5.74, 6) is 3.12. The first kappa shape index (κ1) is 9.90. The van der Waals surface area contributed by atoms with Crippen LogP contribution in [-0.4, -0.2) is 25.9 Å². The van der Waals surface area contributed by atoms with Crippen molar-refractivity contribution in [2.45, 2.75) is 50.7 Å². The van der Waals surface area contributed by atoms with Crippen molar-refractivity contribution in [1.82, 2.24) is 0 Å². The molecule has 5 aliphatic rings. The second-order valence-corrected chi connectivity index (χ2v) is 6.83. The largest absolute Gasteiger partial charge is 0.382 e. The molecule has 0 unspecified atom stereocenters. The van der Waals surface area contributed by atoms with E-state index < -0.39 is 0 Å². The van der Waals surface area contributed by atoms with Crippen LogP contribution in [0, 0.1) is 23.2 Å². The van der Waals surface area contributed by atoms with Crippen LogP contribution in [0.5, 0.6) is 0 Å².